The van der Waals surface area contributed by atoms with Gasteiger partial charge in [-0.2, -0.15) is 19.8 Å². The Morgan fingerprint density at radius 1 is 1.11 bits per heavy atom. The van der Waals surface area contributed by atoms with E-state index in [0.29, 0.717) is 10.8 Å². The third-order valence-corrected chi connectivity index (χ3v) is 10.5. The van der Waals surface area contributed by atoms with Crippen LogP contribution in [-0.2, 0) is 0 Å². The molecule has 1 heteroatoms. The van der Waals surface area contributed by atoms with Crippen molar-refractivity contribution >= 4 is 0 Å². The predicted octanol–water partition coefficient (Wildman–Crippen LogP) is 5.24. The van der Waals surface area contributed by atoms with Crippen LogP contribution in [0, 0.1) is 52.3 Å². The van der Waals surface area contributed by atoms with Crippen molar-refractivity contribution in [2.75, 3.05) is 0 Å². The second-order valence-electron chi connectivity index (χ2n) is 11.7. The van der Waals surface area contributed by atoms with Gasteiger partial charge in [-0.3, -0.25) is 0 Å². The van der Waals surface area contributed by atoms with Crippen LogP contribution in [0.5, 0.6) is 0 Å². The van der Waals surface area contributed by atoms with Crippen molar-refractivity contribution in [3.8, 4) is 0 Å². The van der Waals surface area contributed by atoms with Crippen LogP contribution < -0.4 is 58.2 Å². The Kier molecular flexibility index (Phi) is 7.94. The zero-order chi connectivity index (χ0) is 19.4. The molecular formula is C27H45Rb. The summed E-state index contributed by atoms with van der Waals surface area (Å²) in [6.45, 7) is 15.1. The molecule has 4 rings (SSSR count). The zero-order valence-electron chi connectivity index (χ0n) is 20.1. The molecule has 4 aliphatic carbocycles. The molecule has 0 spiro atoms. The molecule has 4 saturated carbocycles. The normalized spacial score (nSPS) is 48.4. The minimum Gasteiger partial charge on any atom is -0.316 e. The molecular weight excluding hydrogens is 410 g/mol. The Hall–Kier alpha value is 1.55. The van der Waals surface area contributed by atoms with Gasteiger partial charge in [0.2, 0.25) is 0 Å². The molecule has 0 nitrogen and oxygen atoms in total. The second kappa shape index (κ2) is 9.19. The second-order valence-corrected chi connectivity index (χ2v) is 11.7. The van der Waals surface area contributed by atoms with Crippen LogP contribution in [-0.4, -0.2) is 0 Å². The van der Waals surface area contributed by atoms with Gasteiger partial charge in [0.05, 0.1) is 0 Å². The van der Waals surface area contributed by atoms with Crippen LogP contribution in [0.3, 0.4) is 0 Å². The van der Waals surface area contributed by atoms with E-state index in [1.165, 1.54) is 64.2 Å². The quantitative estimate of drug-likeness (QED) is 0.404. The molecule has 0 bridgehead atoms. The molecule has 0 aromatic carbocycles. The topological polar surface area (TPSA) is 0 Å². The third-order valence-electron chi connectivity index (χ3n) is 10.5. The zero-order valence-corrected chi connectivity index (χ0v) is 25.0. The van der Waals surface area contributed by atoms with Gasteiger partial charge in [0.15, 0.2) is 0 Å². The molecule has 0 radical (unpaired) electrons. The predicted molar refractivity (Wildman–Crippen MR) is 117 cm³/mol. The molecule has 0 amide bonds. The summed E-state index contributed by atoms with van der Waals surface area (Å²) < 4.78 is 0. The Balaban J connectivity index is 0.00000225. The van der Waals surface area contributed by atoms with Crippen LogP contribution in [0.2, 0.25) is 0 Å². The number of fused-ring (bicyclic) bond motifs is 5. The fourth-order valence-corrected chi connectivity index (χ4v) is 9.10. The monoisotopic (exact) mass is 454 g/mol. The minimum atomic E-state index is 0. The molecule has 0 aliphatic heterocycles. The Bertz CT molecular complexity index is 579. The van der Waals surface area contributed by atoms with E-state index in [0.717, 1.165) is 35.5 Å². The SMILES string of the molecule is CC=C1CC2C(CC[C@@]3(C)C2CC[C@@H]3[C@H](C)CCC)[C@@]2(C)CC[C-](C)CC12.[Rb+]. The average molecular weight is 455 g/mol. The summed E-state index contributed by atoms with van der Waals surface area (Å²) in [5.41, 5.74) is 3.06. The van der Waals surface area contributed by atoms with E-state index < -0.39 is 0 Å². The Morgan fingerprint density at radius 2 is 1.82 bits per heavy atom. The maximum absolute atomic E-state index is 2.72. The number of rotatable bonds is 3. The van der Waals surface area contributed by atoms with E-state index in [-0.39, 0.29) is 58.2 Å². The fraction of sp³-hybridized carbons (Fsp3) is 0.889. The smallest absolute Gasteiger partial charge is 0.316 e. The first kappa shape index (κ1) is 24.2. The maximum Gasteiger partial charge on any atom is 1.00 e. The minimum absolute atomic E-state index is 0. The van der Waals surface area contributed by atoms with Gasteiger partial charge in [0.1, 0.15) is 0 Å². The molecule has 0 heterocycles. The van der Waals surface area contributed by atoms with Crippen molar-refractivity contribution in [3.05, 3.63) is 17.6 Å². The summed E-state index contributed by atoms with van der Waals surface area (Å²) in [5.74, 6) is 7.53. The van der Waals surface area contributed by atoms with Crippen LogP contribution >= 0.6 is 0 Å². The first-order valence-corrected chi connectivity index (χ1v) is 12.3. The van der Waals surface area contributed by atoms with E-state index in [9.17, 15) is 0 Å². The summed E-state index contributed by atoms with van der Waals surface area (Å²) in [7, 11) is 0. The molecule has 4 unspecified atom stereocenters. The standard InChI is InChI=1S/C27H45.Rb/c1-7-9-19(4)22-10-11-23-21-17-20(8-2)25-16-18(3)12-14-27(25,6)24(21)13-15-26(22,23)5;/h8,19,21-25H,7,9-17H2,1-6H3;/q-1;+1/t19-,21?,22-,23?,24?,25?,26-,27-;/m1./s1. The van der Waals surface area contributed by atoms with Crippen LogP contribution in [0.4, 0.5) is 0 Å². The van der Waals surface area contributed by atoms with Gasteiger partial charge in [0, 0.05) is 0 Å². The van der Waals surface area contributed by atoms with Gasteiger partial charge < -0.3 is 5.92 Å². The maximum atomic E-state index is 2.72. The van der Waals surface area contributed by atoms with Crippen molar-refractivity contribution in [2.24, 2.45) is 46.3 Å². The fourth-order valence-electron chi connectivity index (χ4n) is 9.10. The van der Waals surface area contributed by atoms with E-state index in [4.69, 9.17) is 0 Å². The molecule has 0 saturated heterocycles. The van der Waals surface area contributed by atoms with Crippen LogP contribution in [0.25, 0.3) is 0 Å². The summed E-state index contributed by atoms with van der Waals surface area (Å²) in [4.78, 5) is 0. The summed E-state index contributed by atoms with van der Waals surface area (Å²) in [6, 6.07) is 0. The summed E-state index contributed by atoms with van der Waals surface area (Å²) in [6.07, 6.45) is 17.1. The van der Waals surface area contributed by atoms with Gasteiger partial charge in [-0.1, -0.05) is 58.6 Å². The summed E-state index contributed by atoms with van der Waals surface area (Å²) in [5, 5.41) is 0. The van der Waals surface area contributed by atoms with Gasteiger partial charge in [-0.15, -0.1) is 0 Å². The number of allylic oxidation sites excluding steroid dienone is 2. The number of hydrogen-bond acceptors (Lipinski definition) is 0. The van der Waals surface area contributed by atoms with Gasteiger partial charge in [-0.25, -0.2) is 0 Å². The Labute approximate surface area is 225 Å². The molecule has 154 valence electrons. The molecule has 0 N–H and O–H groups in total. The number of hydrogen-bond donors (Lipinski definition) is 0. The summed E-state index contributed by atoms with van der Waals surface area (Å²) >= 11 is 0. The van der Waals surface area contributed by atoms with E-state index in [1.807, 2.05) is 5.57 Å². The van der Waals surface area contributed by atoms with Gasteiger partial charge >= 0.3 is 58.2 Å². The van der Waals surface area contributed by atoms with Crippen LogP contribution in [0.1, 0.15) is 106 Å². The van der Waals surface area contributed by atoms with Crippen molar-refractivity contribution in [2.45, 2.75) is 106 Å². The van der Waals surface area contributed by atoms with E-state index >= 15 is 0 Å². The van der Waals surface area contributed by atoms with Crippen molar-refractivity contribution in [1.29, 1.82) is 0 Å². The average Bonchev–Trinajstić information content (AvgIpc) is 2.99. The van der Waals surface area contributed by atoms with Gasteiger partial charge in [0.25, 0.3) is 0 Å². The van der Waals surface area contributed by atoms with Gasteiger partial charge in [-0.05, 0) is 85.4 Å². The molecule has 8 atom stereocenters. The van der Waals surface area contributed by atoms with Crippen molar-refractivity contribution in [1.82, 2.24) is 0 Å². The molecule has 4 fully saturated rings. The van der Waals surface area contributed by atoms with Crippen LogP contribution in [0.15, 0.2) is 11.6 Å². The van der Waals surface area contributed by atoms with E-state index in [1.54, 1.807) is 5.92 Å². The van der Waals surface area contributed by atoms with E-state index in [2.05, 4.69) is 47.6 Å². The Morgan fingerprint density at radius 3 is 2.50 bits per heavy atom. The van der Waals surface area contributed by atoms with Crippen molar-refractivity contribution in [3.63, 3.8) is 0 Å². The first-order valence-electron chi connectivity index (χ1n) is 12.3. The first-order chi connectivity index (χ1) is 12.8. The third kappa shape index (κ3) is 3.79. The molecule has 4 aliphatic rings. The largest absolute Gasteiger partial charge is 1.00 e. The molecule has 0 aromatic heterocycles. The molecule has 0 aromatic rings. The molecule has 28 heavy (non-hydrogen) atoms. The van der Waals surface area contributed by atoms with Crippen molar-refractivity contribution < 1.29 is 58.2 Å².